The lowest BCUT2D eigenvalue weighted by atomic mass is 10.1. The summed E-state index contributed by atoms with van der Waals surface area (Å²) in [7, 11) is 2.45. The molecule has 1 aromatic carbocycles. The van der Waals surface area contributed by atoms with Crippen LogP contribution in [0.2, 0.25) is 0 Å². The van der Waals surface area contributed by atoms with Gasteiger partial charge in [-0.2, -0.15) is 5.06 Å². The summed E-state index contributed by atoms with van der Waals surface area (Å²) in [5.74, 6) is -0.509. The zero-order valence-electron chi connectivity index (χ0n) is 14.3. The molecular weight excluding hydrogens is 360 g/mol. The standard InChI is InChI=1S/C17H18N2O6S/c1-19(25-17(22)23-2)15(20)13-7-5-12(6-8-13)10-18-16(21)24-11-14-4-3-9-26-14/h3-9H,10-11H2,1-2H3,(H,18,21). The average Bonchev–Trinajstić information content (AvgIpc) is 3.18. The minimum atomic E-state index is -0.984. The average molecular weight is 378 g/mol. The van der Waals surface area contributed by atoms with E-state index in [4.69, 9.17) is 4.74 Å². The first kappa shape index (κ1) is 19.3. The molecule has 2 rings (SSSR count). The molecule has 26 heavy (non-hydrogen) atoms. The smallest absolute Gasteiger partial charge is 0.444 e. The molecule has 0 unspecified atom stereocenters. The molecule has 0 saturated heterocycles. The summed E-state index contributed by atoms with van der Waals surface area (Å²) in [6, 6.07) is 10.3. The summed E-state index contributed by atoms with van der Waals surface area (Å²) in [4.78, 5) is 40.3. The lowest BCUT2D eigenvalue weighted by molar-refractivity contribution is -0.0782. The molecule has 138 valence electrons. The predicted molar refractivity (Wildman–Crippen MR) is 93.4 cm³/mol. The van der Waals surface area contributed by atoms with E-state index in [1.54, 1.807) is 24.3 Å². The van der Waals surface area contributed by atoms with Crippen LogP contribution < -0.4 is 5.32 Å². The number of ether oxygens (including phenoxy) is 2. The van der Waals surface area contributed by atoms with E-state index in [9.17, 15) is 14.4 Å². The number of nitrogens with zero attached hydrogens (tertiary/aromatic N) is 1. The van der Waals surface area contributed by atoms with Crippen molar-refractivity contribution in [2.75, 3.05) is 14.2 Å². The normalized spacial score (nSPS) is 9.92. The summed E-state index contributed by atoms with van der Waals surface area (Å²) in [5.41, 5.74) is 1.10. The van der Waals surface area contributed by atoms with Crippen LogP contribution in [-0.2, 0) is 27.5 Å². The van der Waals surface area contributed by atoms with E-state index < -0.39 is 18.2 Å². The van der Waals surface area contributed by atoms with Gasteiger partial charge in [0.2, 0.25) is 0 Å². The van der Waals surface area contributed by atoms with Gasteiger partial charge in [-0.05, 0) is 29.1 Å². The number of carbonyl (C=O) groups is 3. The fraction of sp³-hybridized carbons (Fsp3) is 0.235. The van der Waals surface area contributed by atoms with Crippen LogP contribution in [0.15, 0.2) is 41.8 Å². The van der Waals surface area contributed by atoms with E-state index in [0.717, 1.165) is 22.6 Å². The SMILES string of the molecule is COC(=O)ON(C)C(=O)c1ccc(CNC(=O)OCc2cccs2)cc1. The Bertz CT molecular complexity index is 745. The highest BCUT2D eigenvalue weighted by Crippen LogP contribution is 2.10. The van der Waals surface area contributed by atoms with Crippen molar-refractivity contribution in [2.45, 2.75) is 13.2 Å². The van der Waals surface area contributed by atoms with Crippen molar-refractivity contribution in [3.63, 3.8) is 0 Å². The Morgan fingerprint density at radius 1 is 1.15 bits per heavy atom. The molecule has 0 fully saturated rings. The fourth-order valence-corrected chi connectivity index (χ4v) is 2.51. The molecule has 1 aromatic heterocycles. The van der Waals surface area contributed by atoms with Crippen LogP contribution in [0, 0.1) is 0 Å². The van der Waals surface area contributed by atoms with Gasteiger partial charge in [0.1, 0.15) is 6.61 Å². The van der Waals surface area contributed by atoms with Crippen molar-refractivity contribution < 1.29 is 28.7 Å². The highest BCUT2D eigenvalue weighted by atomic mass is 32.1. The van der Waals surface area contributed by atoms with E-state index in [-0.39, 0.29) is 13.2 Å². The van der Waals surface area contributed by atoms with Crippen molar-refractivity contribution in [3.8, 4) is 0 Å². The summed E-state index contributed by atoms with van der Waals surface area (Å²) in [5, 5.41) is 5.32. The summed E-state index contributed by atoms with van der Waals surface area (Å²) in [6.45, 7) is 0.482. The predicted octanol–water partition coefficient (Wildman–Crippen LogP) is 2.94. The van der Waals surface area contributed by atoms with Crippen LogP contribution in [0.3, 0.4) is 0 Å². The molecule has 9 heteroatoms. The lowest BCUT2D eigenvalue weighted by Crippen LogP contribution is -2.29. The minimum Gasteiger partial charge on any atom is -0.444 e. The number of hydrogen-bond donors (Lipinski definition) is 1. The van der Waals surface area contributed by atoms with Crippen LogP contribution in [0.1, 0.15) is 20.8 Å². The molecule has 1 N–H and O–H groups in total. The van der Waals surface area contributed by atoms with Gasteiger partial charge >= 0.3 is 12.2 Å². The quantitative estimate of drug-likeness (QED) is 0.635. The van der Waals surface area contributed by atoms with Gasteiger partial charge in [0.25, 0.3) is 5.91 Å². The van der Waals surface area contributed by atoms with Crippen LogP contribution in [-0.4, -0.2) is 37.4 Å². The second-order valence-corrected chi connectivity index (χ2v) is 6.09. The van der Waals surface area contributed by atoms with Gasteiger partial charge in [0.15, 0.2) is 0 Å². The molecular formula is C17H18N2O6S. The fourth-order valence-electron chi connectivity index (χ4n) is 1.89. The zero-order valence-corrected chi connectivity index (χ0v) is 15.1. The van der Waals surface area contributed by atoms with Crippen molar-refractivity contribution in [1.29, 1.82) is 0 Å². The molecule has 0 aliphatic rings. The maximum absolute atomic E-state index is 12.1. The second-order valence-electron chi connectivity index (χ2n) is 5.05. The Kier molecular flexibility index (Phi) is 6.98. The van der Waals surface area contributed by atoms with Crippen LogP contribution in [0.5, 0.6) is 0 Å². The first-order chi connectivity index (χ1) is 12.5. The number of hydroxylamine groups is 2. The molecule has 0 aliphatic carbocycles. The number of benzene rings is 1. The summed E-state index contributed by atoms with van der Waals surface area (Å²) >= 11 is 1.51. The lowest BCUT2D eigenvalue weighted by Gasteiger charge is -2.15. The molecule has 2 aromatic rings. The number of thiophene rings is 1. The van der Waals surface area contributed by atoms with E-state index in [1.807, 2.05) is 17.5 Å². The van der Waals surface area contributed by atoms with Crippen molar-refractivity contribution in [3.05, 3.63) is 57.8 Å². The van der Waals surface area contributed by atoms with E-state index >= 15 is 0 Å². The number of amides is 2. The molecule has 0 atom stereocenters. The van der Waals surface area contributed by atoms with Gasteiger partial charge < -0.3 is 19.6 Å². The van der Waals surface area contributed by atoms with E-state index in [1.165, 1.54) is 18.4 Å². The number of nitrogens with one attached hydrogen (secondary N) is 1. The number of carbonyl (C=O) groups excluding carboxylic acids is 3. The number of rotatable bonds is 5. The minimum absolute atomic E-state index is 0.226. The molecule has 0 aliphatic heterocycles. The Morgan fingerprint density at radius 3 is 2.50 bits per heavy atom. The van der Waals surface area contributed by atoms with Crippen molar-refractivity contribution in [1.82, 2.24) is 10.4 Å². The maximum Gasteiger partial charge on any atom is 0.533 e. The summed E-state index contributed by atoms with van der Waals surface area (Å²) in [6.07, 6.45) is -1.51. The maximum atomic E-state index is 12.1. The monoisotopic (exact) mass is 378 g/mol. The van der Waals surface area contributed by atoms with Gasteiger partial charge in [0.05, 0.1) is 7.11 Å². The molecule has 1 heterocycles. The van der Waals surface area contributed by atoms with Crippen LogP contribution in [0.4, 0.5) is 9.59 Å². The first-order valence-electron chi connectivity index (χ1n) is 7.55. The molecule has 0 spiro atoms. The van der Waals surface area contributed by atoms with Gasteiger partial charge in [-0.1, -0.05) is 18.2 Å². The third-order valence-corrected chi connectivity index (χ3v) is 4.08. The van der Waals surface area contributed by atoms with E-state index in [2.05, 4.69) is 14.9 Å². The van der Waals surface area contributed by atoms with Gasteiger partial charge in [-0.25, -0.2) is 9.59 Å². The third kappa shape index (κ3) is 5.78. The topological polar surface area (TPSA) is 94.2 Å². The van der Waals surface area contributed by atoms with E-state index in [0.29, 0.717) is 5.56 Å². The largest absolute Gasteiger partial charge is 0.533 e. The highest BCUT2D eigenvalue weighted by molar-refractivity contribution is 7.09. The number of hydrogen-bond acceptors (Lipinski definition) is 7. The Morgan fingerprint density at radius 2 is 1.88 bits per heavy atom. The Labute approximate surface area is 154 Å². The summed E-state index contributed by atoms with van der Waals surface area (Å²) < 4.78 is 9.41. The van der Waals surface area contributed by atoms with Gasteiger partial charge in [0, 0.05) is 24.0 Å². The van der Waals surface area contributed by atoms with Crippen LogP contribution >= 0.6 is 11.3 Å². The Balaban J connectivity index is 1.80. The molecule has 2 amide bonds. The highest BCUT2D eigenvalue weighted by Gasteiger charge is 2.16. The zero-order chi connectivity index (χ0) is 18.9. The number of alkyl carbamates (subject to hydrolysis) is 1. The third-order valence-electron chi connectivity index (χ3n) is 3.23. The molecule has 0 bridgehead atoms. The van der Waals surface area contributed by atoms with Gasteiger partial charge in [-0.15, -0.1) is 11.3 Å². The molecule has 8 nitrogen and oxygen atoms in total. The first-order valence-corrected chi connectivity index (χ1v) is 8.43. The second kappa shape index (κ2) is 9.42. The molecule has 0 radical (unpaired) electrons. The number of methoxy groups -OCH3 is 1. The Hall–Kier alpha value is -3.07. The van der Waals surface area contributed by atoms with Crippen molar-refractivity contribution >= 4 is 29.5 Å². The molecule has 0 saturated carbocycles. The van der Waals surface area contributed by atoms with Gasteiger partial charge in [-0.3, -0.25) is 4.79 Å². The van der Waals surface area contributed by atoms with Crippen molar-refractivity contribution in [2.24, 2.45) is 0 Å². The van der Waals surface area contributed by atoms with Crippen LogP contribution in [0.25, 0.3) is 0 Å².